The van der Waals surface area contributed by atoms with Crippen LogP contribution in [0.25, 0.3) is 0 Å². The van der Waals surface area contributed by atoms with E-state index in [1.54, 1.807) is 0 Å². The van der Waals surface area contributed by atoms with Crippen molar-refractivity contribution < 1.29 is 19.4 Å². The zero-order chi connectivity index (χ0) is 20.3. The summed E-state index contributed by atoms with van der Waals surface area (Å²) in [5.41, 5.74) is 0.142. The highest BCUT2D eigenvalue weighted by Gasteiger charge is 2.58. The SMILES string of the molecule is CCOC1CC(N(C)C(=O)NC2CC(N(CC)CC(=O)O)C2)C12CCCCC2. The molecule has 1 spiro atoms. The molecule has 7 nitrogen and oxygen atoms in total. The Morgan fingerprint density at radius 2 is 1.82 bits per heavy atom. The number of amides is 2. The second kappa shape index (κ2) is 8.99. The largest absolute Gasteiger partial charge is 0.480 e. The topological polar surface area (TPSA) is 82.1 Å². The molecule has 0 aliphatic heterocycles. The van der Waals surface area contributed by atoms with Gasteiger partial charge in [-0.25, -0.2) is 4.79 Å². The summed E-state index contributed by atoms with van der Waals surface area (Å²) in [4.78, 5) is 27.7. The number of rotatable bonds is 8. The molecule has 3 aliphatic rings. The quantitative estimate of drug-likeness (QED) is 0.660. The van der Waals surface area contributed by atoms with Crippen molar-refractivity contribution in [3.05, 3.63) is 0 Å². The fourth-order valence-corrected chi connectivity index (χ4v) is 5.67. The molecular weight excluding hydrogens is 358 g/mol. The first kappa shape index (κ1) is 21.4. The number of hydrogen-bond donors (Lipinski definition) is 2. The first-order chi connectivity index (χ1) is 13.4. The van der Waals surface area contributed by atoms with Crippen LogP contribution in [0.1, 0.15) is 65.2 Å². The number of aliphatic carboxylic acids is 1. The Bertz CT molecular complexity index is 558. The molecule has 0 radical (unpaired) electrons. The third kappa shape index (κ3) is 4.15. The minimum atomic E-state index is -0.791. The predicted octanol–water partition coefficient (Wildman–Crippen LogP) is 2.69. The van der Waals surface area contributed by atoms with Crippen molar-refractivity contribution in [2.45, 2.75) is 89.4 Å². The van der Waals surface area contributed by atoms with E-state index in [0.717, 1.165) is 45.3 Å². The summed E-state index contributed by atoms with van der Waals surface area (Å²) in [7, 11) is 1.93. The summed E-state index contributed by atoms with van der Waals surface area (Å²) in [5, 5.41) is 12.2. The number of hydrogen-bond acceptors (Lipinski definition) is 4. The molecule has 2 amide bonds. The lowest BCUT2D eigenvalue weighted by Gasteiger charge is -2.60. The van der Waals surface area contributed by atoms with E-state index in [2.05, 4.69) is 12.2 Å². The summed E-state index contributed by atoms with van der Waals surface area (Å²) in [5.74, 6) is -0.791. The lowest BCUT2D eigenvalue weighted by atomic mass is 9.54. The highest BCUT2D eigenvalue weighted by atomic mass is 16.5. The van der Waals surface area contributed by atoms with Gasteiger partial charge in [-0.05, 0) is 45.6 Å². The van der Waals surface area contributed by atoms with Gasteiger partial charge in [0.05, 0.1) is 12.6 Å². The van der Waals surface area contributed by atoms with Crippen molar-refractivity contribution in [2.24, 2.45) is 5.41 Å². The Kier molecular flexibility index (Phi) is 6.86. The van der Waals surface area contributed by atoms with E-state index in [4.69, 9.17) is 9.84 Å². The minimum Gasteiger partial charge on any atom is -0.480 e. The van der Waals surface area contributed by atoms with Crippen LogP contribution < -0.4 is 5.32 Å². The van der Waals surface area contributed by atoms with Gasteiger partial charge in [-0.2, -0.15) is 0 Å². The average molecular weight is 396 g/mol. The van der Waals surface area contributed by atoms with Crippen LogP contribution >= 0.6 is 0 Å². The van der Waals surface area contributed by atoms with Crippen molar-refractivity contribution >= 4 is 12.0 Å². The lowest BCUT2D eigenvalue weighted by molar-refractivity contribution is -0.170. The molecular formula is C21H37N3O4. The molecule has 0 aromatic heterocycles. The highest BCUT2D eigenvalue weighted by molar-refractivity contribution is 5.75. The molecule has 3 saturated carbocycles. The van der Waals surface area contributed by atoms with Gasteiger partial charge in [0, 0.05) is 37.2 Å². The van der Waals surface area contributed by atoms with E-state index >= 15 is 0 Å². The maximum Gasteiger partial charge on any atom is 0.317 e. The van der Waals surface area contributed by atoms with Crippen LogP contribution in [-0.4, -0.2) is 77.9 Å². The van der Waals surface area contributed by atoms with E-state index in [9.17, 15) is 9.59 Å². The molecule has 28 heavy (non-hydrogen) atoms. The highest BCUT2D eigenvalue weighted by Crippen LogP contribution is 2.55. The lowest BCUT2D eigenvalue weighted by Crippen LogP contribution is -2.67. The van der Waals surface area contributed by atoms with Crippen molar-refractivity contribution in [1.29, 1.82) is 0 Å². The standard InChI is InChI=1S/C21H37N3O4/c1-4-24(14-19(25)26)16-11-15(12-16)22-20(27)23(3)17-13-18(28-5-2)21(17)9-7-6-8-10-21/h15-18H,4-14H2,1-3H3,(H,22,27)(H,25,26). The van der Waals surface area contributed by atoms with Gasteiger partial charge in [-0.15, -0.1) is 0 Å². The van der Waals surface area contributed by atoms with Crippen LogP contribution in [-0.2, 0) is 9.53 Å². The number of carbonyl (C=O) groups excluding carboxylic acids is 1. The number of carboxylic acids is 1. The maximum absolute atomic E-state index is 12.9. The molecule has 3 fully saturated rings. The number of likely N-dealkylation sites (N-methyl/N-ethyl adjacent to an activating group) is 1. The maximum atomic E-state index is 12.9. The van der Waals surface area contributed by atoms with Gasteiger partial charge < -0.3 is 20.1 Å². The molecule has 0 heterocycles. The molecule has 0 aromatic rings. The van der Waals surface area contributed by atoms with Crippen molar-refractivity contribution in [3.63, 3.8) is 0 Å². The van der Waals surface area contributed by atoms with E-state index < -0.39 is 5.97 Å². The molecule has 2 atom stereocenters. The third-order valence-electron chi connectivity index (χ3n) is 7.38. The zero-order valence-electron chi connectivity index (χ0n) is 17.7. The van der Waals surface area contributed by atoms with Crippen LogP contribution in [0.15, 0.2) is 0 Å². The Labute approximate surface area is 168 Å². The summed E-state index contributed by atoms with van der Waals surface area (Å²) in [6.45, 7) is 5.57. The van der Waals surface area contributed by atoms with E-state index in [0.29, 0.717) is 6.10 Å². The molecule has 2 unspecified atom stereocenters. The summed E-state index contributed by atoms with van der Waals surface area (Å²) < 4.78 is 6.02. The van der Waals surface area contributed by atoms with Crippen molar-refractivity contribution in [3.8, 4) is 0 Å². The van der Waals surface area contributed by atoms with Crippen LogP contribution in [0.2, 0.25) is 0 Å². The average Bonchev–Trinajstić information content (AvgIpc) is 2.65. The van der Waals surface area contributed by atoms with Crippen molar-refractivity contribution in [2.75, 3.05) is 26.7 Å². The van der Waals surface area contributed by atoms with Gasteiger partial charge in [-0.3, -0.25) is 9.69 Å². The molecule has 7 heteroatoms. The smallest absolute Gasteiger partial charge is 0.317 e. The molecule has 2 N–H and O–H groups in total. The number of urea groups is 1. The Balaban J connectivity index is 1.51. The Morgan fingerprint density at radius 1 is 1.14 bits per heavy atom. The number of ether oxygens (including phenoxy) is 1. The fourth-order valence-electron chi connectivity index (χ4n) is 5.67. The van der Waals surface area contributed by atoms with E-state index in [1.165, 1.54) is 19.3 Å². The molecule has 0 bridgehead atoms. The summed E-state index contributed by atoms with van der Waals surface area (Å²) in [6.07, 6.45) is 8.96. The third-order valence-corrected chi connectivity index (χ3v) is 7.38. The van der Waals surface area contributed by atoms with E-state index in [1.807, 2.05) is 23.8 Å². The molecule has 160 valence electrons. The number of carboxylic acid groups (broad SMARTS) is 1. The predicted molar refractivity (Wildman–Crippen MR) is 107 cm³/mol. The Morgan fingerprint density at radius 3 is 2.39 bits per heavy atom. The van der Waals surface area contributed by atoms with Gasteiger partial charge in [0.2, 0.25) is 0 Å². The van der Waals surface area contributed by atoms with Crippen LogP contribution in [0.3, 0.4) is 0 Å². The number of carbonyl (C=O) groups is 2. The molecule has 0 saturated heterocycles. The zero-order valence-corrected chi connectivity index (χ0v) is 17.7. The minimum absolute atomic E-state index is 0.00892. The number of nitrogens with zero attached hydrogens (tertiary/aromatic N) is 2. The van der Waals surface area contributed by atoms with Crippen LogP contribution in [0.4, 0.5) is 4.79 Å². The first-order valence-electron chi connectivity index (χ1n) is 11.0. The normalized spacial score (nSPS) is 31.1. The monoisotopic (exact) mass is 395 g/mol. The molecule has 3 aliphatic carbocycles. The number of nitrogens with one attached hydrogen (secondary N) is 1. The van der Waals surface area contributed by atoms with Gasteiger partial charge in [0.15, 0.2) is 0 Å². The van der Waals surface area contributed by atoms with Crippen LogP contribution in [0, 0.1) is 5.41 Å². The second-order valence-corrected chi connectivity index (χ2v) is 8.83. The van der Waals surface area contributed by atoms with Crippen LogP contribution in [0.5, 0.6) is 0 Å². The van der Waals surface area contributed by atoms with Crippen molar-refractivity contribution in [1.82, 2.24) is 15.1 Å². The molecule has 0 aromatic carbocycles. The Hall–Kier alpha value is -1.34. The molecule has 3 rings (SSSR count). The van der Waals surface area contributed by atoms with Gasteiger partial charge in [0.1, 0.15) is 0 Å². The van der Waals surface area contributed by atoms with E-state index in [-0.39, 0.29) is 36.1 Å². The summed E-state index contributed by atoms with van der Waals surface area (Å²) >= 11 is 0. The van der Waals surface area contributed by atoms with Gasteiger partial charge in [-0.1, -0.05) is 26.2 Å². The first-order valence-corrected chi connectivity index (χ1v) is 11.0. The van der Waals surface area contributed by atoms with Gasteiger partial charge in [0.25, 0.3) is 0 Å². The van der Waals surface area contributed by atoms with Gasteiger partial charge >= 0.3 is 12.0 Å². The second-order valence-electron chi connectivity index (χ2n) is 8.83. The fraction of sp³-hybridized carbons (Fsp3) is 0.905. The summed E-state index contributed by atoms with van der Waals surface area (Å²) in [6, 6.07) is 0.675.